The zero-order valence-electron chi connectivity index (χ0n) is 20.2. The summed E-state index contributed by atoms with van der Waals surface area (Å²) in [5, 5.41) is 4.71. The van der Waals surface area contributed by atoms with Gasteiger partial charge in [0.05, 0.1) is 39.0 Å². The SMILES string of the molecule is COC(=O)c1c(-c2ccccc2Sc2cc(OC)ccc2OC)nn(-c2ccccc2)c1C(=O)OC. The second-order valence-electron chi connectivity index (χ2n) is 7.42. The van der Waals surface area contributed by atoms with E-state index in [2.05, 4.69) is 0 Å². The van der Waals surface area contributed by atoms with Gasteiger partial charge in [-0.3, -0.25) is 0 Å². The monoisotopic (exact) mass is 504 g/mol. The number of esters is 2. The lowest BCUT2D eigenvalue weighted by molar-refractivity contribution is 0.0549. The molecule has 0 saturated heterocycles. The molecule has 0 spiro atoms. The van der Waals surface area contributed by atoms with Crippen LogP contribution in [0.2, 0.25) is 0 Å². The van der Waals surface area contributed by atoms with E-state index in [1.165, 1.54) is 30.7 Å². The molecule has 8 nitrogen and oxygen atoms in total. The van der Waals surface area contributed by atoms with E-state index in [-0.39, 0.29) is 17.0 Å². The average molecular weight is 505 g/mol. The van der Waals surface area contributed by atoms with Crippen molar-refractivity contribution < 1.29 is 28.5 Å². The second kappa shape index (κ2) is 11.0. The quantitative estimate of drug-likeness (QED) is 0.300. The topological polar surface area (TPSA) is 88.9 Å². The van der Waals surface area contributed by atoms with Gasteiger partial charge in [0, 0.05) is 10.5 Å². The Bertz CT molecular complexity index is 1400. The van der Waals surface area contributed by atoms with E-state index >= 15 is 0 Å². The molecule has 0 aliphatic carbocycles. The standard InChI is InChI=1S/C27H24N2O6S/c1-32-18-14-15-20(33-2)22(16-18)36-21-13-9-8-12-19(21)24-23(26(30)34-3)25(27(31)35-4)29(28-24)17-10-6-5-7-11-17/h5-16H,1-4H3. The van der Waals surface area contributed by atoms with E-state index in [1.54, 1.807) is 26.4 Å². The molecule has 0 unspecified atom stereocenters. The van der Waals surface area contributed by atoms with Gasteiger partial charge in [0.2, 0.25) is 0 Å². The predicted molar refractivity (Wildman–Crippen MR) is 135 cm³/mol. The summed E-state index contributed by atoms with van der Waals surface area (Å²) in [6.45, 7) is 0. The summed E-state index contributed by atoms with van der Waals surface area (Å²) in [7, 11) is 5.70. The van der Waals surface area contributed by atoms with Crippen molar-refractivity contribution in [3.05, 3.63) is 84.1 Å². The van der Waals surface area contributed by atoms with Crippen LogP contribution >= 0.6 is 11.8 Å². The number of hydrogen-bond donors (Lipinski definition) is 0. The number of nitrogens with zero attached hydrogens (tertiary/aromatic N) is 2. The van der Waals surface area contributed by atoms with Gasteiger partial charge in [0.15, 0.2) is 5.69 Å². The maximum atomic E-state index is 13.0. The highest BCUT2D eigenvalue weighted by atomic mass is 32.2. The summed E-state index contributed by atoms with van der Waals surface area (Å²) in [5.74, 6) is -0.0785. The van der Waals surface area contributed by atoms with Gasteiger partial charge in [0.1, 0.15) is 22.8 Å². The summed E-state index contributed by atoms with van der Waals surface area (Å²) in [5.41, 5.74) is 1.50. The molecule has 0 N–H and O–H groups in total. The van der Waals surface area contributed by atoms with Gasteiger partial charge < -0.3 is 18.9 Å². The van der Waals surface area contributed by atoms with Crippen LogP contribution in [0.3, 0.4) is 0 Å². The van der Waals surface area contributed by atoms with E-state index < -0.39 is 11.9 Å². The maximum Gasteiger partial charge on any atom is 0.357 e. The Morgan fingerprint density at radius 1 is 0.778 bits per heavy atom. The smallest absolute Gasteiger partial charge is 0.357 e. The van der Waals surface area contributed by atoms with E-state index in [1.807, 2.05) is 60.7 Å². The number of carbonyl (C=O) groups is 2. The van der Waals surface area contributed by atoms with Crippen LogP contribution < -0.4 is 9.47 Å². The normalized spacial score (nSPS) is 10.6. The van der Waals surface area contributed by atoms with Crippen molar-refractivity contribution in [3.8, 4) is 28.4 Å². The number of rotatable bonds is 8. The number of methoxy groups -OCH3 is 4. The van der Waals surface area contributed by atoms with Crippen molar-refractivity contribution in [3.63, 3.8) is 0 Å². The number of para-hydroxylation sites is 1. The molecular weight excluding hydrogens is 480 g/mol. The summed E-state index contributed by atoms with van der Waals surface area (Å²) < 4.78 is 22.4. The fraction of sp³-hybridized carbons (Fsp3) is 0.148. The molecule has 4 aromatic rings. The first-order chi connectivity index (χ1) is 17.5. The van der Waals surface area contributed by atoms with Gasteiger partial charge in [0.25, 0.3) is 0 Å². The molecule has 184 valence electrons. The number of carbonyl (C=O) groups excluding carboxylic acids is 2. The minimum absolute atomic E-state index is 0.0128. The van der Waals surface area contributed by atoms with Crippen LogP contribution in [0.5, 0.6) is 11.5 Å². The van der Waals surface area contributed by atoms with Crippen molar-refractivity contribution in [2.24, 2.45) is 0 Å². The molecule has 0 amide bonds. The van der Waals surface area contributed by atoms with E-state index in [4.69, 9.17) is 24.0 Å². The lowest BCUT2D eigenvalue weighted by Crippen LogP contribution is -2.15. The second-order valence-corrected chi connectivity index (χ2v) is 8.50. The Balaban J connectivity index is 1.95. The highest BCUT2D eigenvalue weighted by Gasteiger charge is 2.32. The van der Waals surface area contributed by atoms with E-state index in [9.17, 15) is 9.59 Å². The van der Waals surface area contributed by atoms with Crippen LogP contribution in [0, 0.1) is 0 Å². The van der Waals surface area contributed by atoms with Gasteiger partial charge in [-0.05, 0) is 36.4 Å². The Hall–Kier alpha value is -4.24. The first-order valence-electron chi connectivity index (χ1n) is 10.9. The number of hydrogen-bond acceptors (Lipinski definition) is 8. The minimum Gasteiger partial charge on any atom is -0.497 e. The lowest BCUT2D eigenvalue weighted by atomic mass is 10.1. The minimum atomic E-state index is -0.711. The average Bonchev–Trinajstić information content (AvgIpc) is 3.33. The number of aromatic nitrogens is 2. The Kier molecular flexibility index (Phi) is 7.60. The van der Waals surface area contributed by atoms with Crippen molar-refractivity contribution in [1.82, 2.24) is 9.78 Å². The van der Waals surface area contributed by atoms with Crippen LogP contribution in [-0.4, -0.2) is 50.2 Å². The first kappa shape index (κ1) is 24.9. The molecule has 0 fully saturated rings. The van der Waals surface area contributed by atoms with Crippen molar-refractivity contribution in [1.29, 1.82) is 0 Å². The molecule has 9 heteroatoms. The molecule has 1 heterocycles. The third kappa shape index (κ3) is 4.78. The number of ether oxygens (including phenoxy) is 4. The fourth-order valence-corrected chi connectivity index (χ4v) is 4.76. The molecule has 0 atom stereocenters. The van der Waals surface area contributed by atoms with Crippen molar-refractivity contribution in [2.45, 2.75) is 9.79 Å². The van der Waals surface area contributed by atoms with Crippen molar-refractivity contribution in [2.75, 3.05) is 28.4 Å². The van der Waals surface area contributed by atoms with E-state index in [0.717, 1.165) is 9.79 Å². The van der Waals surface area contributed by atoms with Crippen LogP contribution in [0.25, 0.3) is 16.9 Å². The summed E-state index contributed by atoms with van der Waals surface area (Å²) in [6.07, 6.45) is 0. The van der Waals surface area contributed by atoms with Gasteiger partial charge in [-0.15, -0.1) is 0 Å². The van der Waals surface area contributed by atoms with Crippen LogP contribution in [0.1, 0.15) is 20.8 Å². The third-order valence-electron chi connectivity index (χ3n) is 5.39. The number of benzene rings is 3. The Morgan fingerprint density at radius 2 is 1.47 bits per heavy atom. The molecule has 0 aliphatic rings. The maximum absolute atomic E-state index is 13.0. The molecule has 36 heavy (non-hydrogen) atoms. The van der Waals surface area contributed by atoms with Gasteiger partial charge in [-0.2, -0.15) is 5.10 Å². The van der Waals surface area contributed by atoms with Gasteiger partial charge in [-0.25, -0.2) is 14.3 Å². The molecule has 1 aromatic heterocycles. The van der Waals surface area contributed by atoms with Crippen LogP contribution in [0.15, 0.2) is 82.6 Å². The summed E-state index contributed by atoms with van der Waals surface area (Å²) >= 11 is 1.42. The fourth-order valence-electron chi connectivity index (χ4n) is 3.68. The lowest BCUT2D eigenvalue weighted by Gasteiger charge is -2.12. The van der Waals surface area contributed by atoms with Crippen molar-refractivity contribution >= 4 is 23.7 Å². The third-order valence-corrected chi connectivity index (χ3v) is 6.50. The molecular formula is C27H24N2O6S. The largest absolute Gasteiger partial charge is 0.497 e. The first-order valence-corrected chi connectivity index (χ1v) is 11.7. The molecule has 0 saturated carbocycles. The molecule has 0 radical (unpaired) electrons. The predicted octanol–water partition coefficient (Wildman–Crippen LogP) is 5.28. The summed E-state index contributed by atoms with van der Waals surface area (Å²) in [6, 6.07) is 22.0. The van der Waals surface area contributed by atoms with E-state index in [0.29, 0.717) is 22.7 Å². The molecule has 3 aromatic carbocycles. The molecule has 0 bridgehead atoms. The highest BCUT2D eigenvalue weighted by molar-refractivity contribution is 7.99. The Labute approximate surface area is 212 Å². The highest BCUT2D eigenvalue weighted by Crippen LogP contribution is 2.42. The molecule has 4 rings (SSSR count). The zero-order valence-corrected chi connectivity index (χ0v) is 21.0. The van der Waals surface area contributed by atoms with Gasteiger partial charge >= 0.3 is 11.9 Å². The van der Waals surface area contributed by atoms with Gasteiger partial charge in [-0.1, -0.05) is 48.2 Å². The summed E-state index contributed by atoms with van der Waals surface area (Å²) in [4.78, 5) is 27.5. The zero-order chi connectivity index (χ0) is 25.7. The molecule has 0 aliphatic heterocycles. The van der Waals surface area contributed by atoms with Crippen LogP contribution in [0.4, 0.5) is 0 Å². The Morgan fingerprint density at radius 3 is 2.14 bits per heavy atom. The van der Waals surface area contributed by atoms with Crippen LogP contribution in [-0.2, 0) is 9.47 Å².